The fourth-order valence-electron chi connectivity index (χ4n) is 2.63. The number of hydrogen-bond acceptors (Lipinski definition) is 5. The van der Waals surface area contributed by atoms with Gasteiger partial charge in [-0.2, -0.15) is 0 Å². The van der Waals surface area contributed by atoms with Crippen LogP contribution in [0.1, 0.15) is 32.6 Å². The Morgan fingerprint density at radius 2 is 2.29 bits per heavy atom. The Balaban J connectivity index is 1.85. The van der Waals surface area contributed by atoms with Crippen LogP contribution < -0.4 is 5.48 Å². The van der Waals surface area contributed by atoms with E-state index in [0.717, 1.165) is 11.3 Å². The van der Waals surface area contributed by atoms with Crippen LogP contribution in [0.5, 0.6) is 0 Å². The van der Waals surface area contributed by atoms with E-state index in [2.05, 4.69) is 17.3 Å². The predicted octanol–water partition coefficient (Wildman–Crippen LogP) is 0.411. The van der Waals surface area contributed by atoms with Crippen molar-refractivity contribution >= 4 is 5.97 Å². The zero-order valence-electron chi connectivity index (χ0n) is 12.0. The highest BCUT2D eigenvalue weighted by molar-refractivity contribution is 5.66. The average Bonchev–Trinajstić information content (AvgIpc) is 2.67. The van der Waals surface area contributed by atoms with Gasteiger partial charge in [0.1, 0.15) is 6.10 Å². The molecule has 0 aromatic heterocycles. The first-order chi connectivity index (χ1) is 10.0. The molecule has 0 bridgehead atoms. The first kappa shape index (κ1) is 15.8. The van der Waals surface area contributed by atoms with Gasteiger partial charge in [-0.15, -0.1) is 0 Å². The Kier molecular flexibility index (Phi) is 5.23. The molecule has 2 aliphatic rings. The minimum Gasteiger partial charge on any atom is -0.481 e. The monoisotopic (exact) mass is 295 g/mol. The van der Waals surface area contributed by atoms with Gasteiger partial charge in [0.25, 0.3) is 0 Å². The van der Waals surface area contributed by atoms with Crippen molar-refractivity contribution in [1.82, 2.24) is 5.48 Å². The van der Waals surface area contributed by atoms with E-state index >= 15 is 0 Å². The van der Waals surface area contributed by atoms with Crippen LogP contribution in [0.2, 0.25) is 0 Å². The molecule has 116 valence electrons. The largest absolute Gasteiger partial charge is 0.481 e. The molecular formula is C15H21NO5. The molecular weight excluding hydrogens is 274 g/mol. The second-order valence-corrected chi connectivity index (χ2v) is 5.42. The number of allylic oxidation sites excluding steroid dienone is 1. The number of nitrogens with one attached hydrogen (secondary N) is 1. The second-order valence-electron chi connectivity index (χ2n) is 5.42. The number of hydrogen-bond donors (Lipinski definition) is 4. The fraction of sp³-hybridized carbons (Fsp3) is 0.667. The minimum atomic E-state index is -0.901. The lowest BCUT2D eigenvalue weighted by molar-refractivity contribution is -0.138. The third kappa shape index (κ3) is 3.76. The van der Waals surface area contributed by atoms with Crippen molar-refractivity contribution in [2.45, 2.75) is 44.8 Å². The van der Waals surface area contributed by atoms with Crippen LogP contribution in [0.25, 0.3) is 0 Å². The summed E-state index contributed by atoms with van der Waals surface area (Å²) in [7, 11) is 0. The smallest absolute Gasteiger partial charge is 0.305 e. The Morgan fingerprint density at radius 3 is 2.95 bits per heavy atom. The summed E-state index contributed by atoms with van der Waals surface area (Å²) in [6.45, 7) is 1.96. The van der Waals surface area contributed by atoms with Crippen molar-refractivity contribution in [3.05, 3.63) is 11.3 Å². The van der Waals surface area contributed by atoms with Gasteiger partial charge in [0.2, 0.25) is 0 Å². The molecule has 2 rings (SSSR count). The van der Waals surface area contributed by atoms with Gasteiger partial charge < -0.3 is 15.3 Å². The quantitative estimate of drug-likeness (QED) is 0.322. The average molecular weight is 295 g/mol. The van der Waals surface area contributed by atoms with Crippen molar-refractivity contribution in [2.24, 2.45) is 11.8 Å². The molecule has 4 N–H and O–H groups in total. The van der Waals surface area contributed by atoms with Gasteiger partial charge in [0, 0.05) is 11.6 Å². The van der Waals surface area contributed by atoms with Gasteiger partial charge in [0.15, 0.2) is 0 Å². The lowest BCUT2D eigenvalue weighted by atomic mass is 9.83. The van der Waals surface area contributed by atoms with Crippen molar-refractivity contribution in [1.29, 1.82) is 0 Å². The van der Waals surface area contributed by atoms with Crippen molar-refractivity contribution in [3.63, 3.8) is 0 Å². The van der Waals surface area contributed by atoms with Gasteiger partial charge in [-0.25, -0.2) is 0 Å². The summed E-state index contributed by atoms with van der Waals surface area (Å²) in [6, 6.07) is 0. The molecule has 1 saturated carbocycles. The number of aliphatic hydroxyl groups is 2. The molecule has 0 aliphatic heterocycles. The first-order valence-corrected chi connectivity index (χ1v) is 7.21. The molecule has 0 spiro atoms. The van der Waals surface area contributed by atoms with E-state index in [0.29, 0.717) is 19.3 Å². The molecule has 6 nitrogen and oxygen atoms in total. The van der Waals surface area contributed by atoms with E-state index in [1.165, 1.54) is 0 Å². The van der Waals surface area contributed by atoms with Crippen LogP contribution in [0, 0.1) is 23.7 Å². The molecule has 0 amide bonds. The number of fused-ring (bicyclic) bond motifs is 1. The molecule has 0 heterocycles. The van der Waals surface area contributed by atoms with Crippen LogP contribution in [-0.4, -0.2) is 40.1 Å². The summed E-state index contributed by atoms with van der Waals surface area (Å²) in [6.07, 6.45) is 0.747. The Morgan fingerprint density at radius 1 is 1.52 bits per heavy atom. The Bertz CT molecular complexity index is 490. The number of rotatable bonds is 6. The highest BCUT2D eigenvalue weighted by Gasteiger charge is 2.45. The third-order valence-corrected chi connectivity index (χ3v) is 3.96. The van der Waals surface area contributed by atoms with Crippen molar-refractivity contribution in [2.75, 3.05) is 6.61 Å². The SMILES string of the molecule is CCC(O)C#CC1CC2=C(NOCCC(=O)O)CC2C1O. The summed E-state index contributed by atoms with van der Waals surface area (Å²) in [5, 5.41) is 28.1. The van der Waals surface area contributed by atoms with E-state index in [9.17, 15) is 15.0 Å². The molecule has 4 atom stereocenters. The normalized spacial score (nSPS) is 28.2. The van der Waals surface area contributed by atoms with Crippen LogP contribution in [0.15, 0.2) is 11.3 Å². The second kappa shape index (κ2) is 6.94. The maximum Gasteiger partial charge on any atom is 0.305 e. The minimum absolute atomic E-state index is 0.0509. The van der Waals surface area contributed by atoms with Gasteiger partial charge in [0.05, 0.1) is 25.0 Å². The van der Waals surface area contributed by atoms with Gasteiger partial charge in [-0.05, 0) is 24.8 Å². The fourth-order valence-corrected chi connectivity index (χ4v) is 2.63. The van der Waals surface area contributed by atoms with Gasteiger partial charge >= 0.3 is 5.97 Å². The zero-order chi connectivity index (χ0) is 15.4. The summed E-state index contributed by atoms with van der Waals surface area (Å²) >= 11 is 0. The van der Waals surface area contributed by atoms with E-state index in [1.807, 2.05) is 6.92 Å². The molecule has 21 heavy (non-hydrogen) atoms. The number of aliphatic hydroxyl groups excluding tert-OH is 2. The summed E-state index contributed by atoms with van der Waals surface area (Å²) in [5.41, 5.74) is 4.79. The van der Waals surface area contributed by atoms with Crippen LogP contribution in [0.4, 0.5) is 0 Å². The number of hydroxylamine groups is 1. The number of carboxylic acids is 1. The molecule has 4 unspecified atom stereocenters. The number of aliphatic carboxylic acids is 1. The van der Waals surface area contributed by atoms with Gasteiger partial charge in [-0.3, -0.25) is 15.1 Å². The standard InChI is InChI=1S/C15H21NO5/c1-2-10(17)4-3-9-7-11-12(15(9)20)8-13(11)16-21-6-5-14(18)19/h9-10,12,15-17,20H,2,5-8H2,1H3,(H,18,19). The van der Waals surface area contributed by atoms with E-state index in [1.54, 1.807) is 0 Å². The summed E-state index contributed by atoms with van der Waals surface area (Å²) in [5.74, 6) is 4.77. The highest BCUT2D eigenvalue weighted by atomic mass is 16.6. The van der Waals surface area contributed by atoms with Crippen LogP contribution in [0.3, 0.4) is 0 Å². The zero-order valence-corrected chi connectivity index (χ0v) is 12.0. The van der Waals surface area contributed by atoms with Gasteiger partial charge in [-0.1, -0.05) is 18.8 Å². The first-order valence-electron chi connectivity index (χ1n) is 7.21. The Hall–Kier alpha value is -1.55. The predicted molar refractivity (Wildman–Crippen MR) is 74.7 cm³/mol. The molecule has 0 aromatic carbocycles. The van der Waals surface area contributed by atoms with Crippen LogP contribution in [-0.2, 0) is 9.63 Å². The number of carboxylic acid groups (broad SMARTS) is 1. The van der Waals surface area contributed by atoms with Crippen molar-refractivity contribution < 1.29 is 25.0 Å². The van der Waals surface area contributed by atoms with E-state index in [-0.39, 0.29) is 24.9 Å². The lowest BCUT2D eigenvalue weighted by Crippen LogP contribution is -2.32. The highest BCUT2D eigenvalue weighted by Crippen LogP contribution is 2.48. The summed E-state index contributed by atoms with van der Waals surface area (Å²) in [4.78, 5) is 15.5. The molecule has 1 fully saturated rings. The third-order valence-electron chi connectivity index (χ3n) is 3.96. The maximum atomic E-state index is 10.4. The molecule has 2 aliphatic carbocycles. The van der Waals surface area contributed by atoms with Crippen LogP contribution >= 0.6 is 0 Å². The maximum absolute atomic E-state index is 10.4. The van der Waals surface area contributed by atoms with E-state index < -0.39 is 18.2 Å². The molecule has 0 aromatic rings. The van der Waals surface area contributed by atoms with Crippen molar-refractivity contribution in [3.8, 4) is 11.8 Å². The lowest BCUT2D eigenvalue weighted by Gasteiger charge is -2.30. The Labute approximate surface area is 123 Å². The summed E-state index contributed by atoms with van der Waals surface area (Å²) < 4.78 is 0. The number of carbonyl (C=O) groups is 1. The molecule has 0 saturated heterocycles. The van der Waals surface area contributed by atoms with E-state index in [4.69, 9.17) is 9.94 Å². The molecule has 6 heteroatoms. The molecule has 0 radical (unpaired) electrons. The topological polar surface area (TPSA) is 99.0 Å².